The highest BCUT2D eigenvalue weighted by molar-refractivity contribution is 6.31. The second-order valence-corrected chi connectivity index (χ2v) is 13.3. The number of nitrogens with zero attached hydrogens (tertiary/aromatic N) is 6. The molecule has 0 bridgehead atoms. The Labute approximate surface area is 338 Å². The lowest BCUT2D eigenvalue weighted by atomic mass is 9.50. The lowest BCUT2D eigenvalue weighted by Gasteiger charge is -2.56. The molecule has 6 rings (SSSR count). The summed E-state index contributed by atoms with van der Waals surface area (Å²) in [5, 5.41) is 77.8. The van der Waals surface area contributed by atoms with Gasteiger partial charge in [-0.25, -0.2) is 0 Å². The second kappa shape index (κ2) is 16.5. The summed E-state index contributed by atoms with van der Waals surface area (Å²) in [6.07, 6.45) is 11.3. The van der Waals surface area contributed by atoms with Crippen LogP contribution in [0.2, 0.25) is 0 Å². The fraction of sp³-hybridized carbons (Fsp3) is 0.143. The van der Waals surface area contributed by atoms with Crippen molar-refractivity contribution in [1.29, 1.82) is 0 Å². The molecule has 0 fully saturated rings. The van der Waals surface area contributed by atoms with Gasteiger partial charge in [0, 0.05) is 108 Å². The van der Waals surface area contributed by atoms with E-state index in [1.54, 1.807) is 0 Å². The first-order valence-electron chi connectivity index (χ1n) is 17.6. The predicted octanol–water partition coefficient (Wildman–Crippen LogP) is 0.302. The van der Waals surface area contributed by atoms with Gasteiger partial charge in [0.05, 0.1) is 6.61 Å². The number of rotatable bonds is 17. The number of hydrogen-bond donors (Lipinski definition) is 6. The molecule has 302 valence electrons. The molecule has 60 heavy (non-hydrogen) atoms. The van der Waals surface area contributed by atoms with E-state index in [-0.39, 0.29) is 0 Å². The minimum Gasteiger partial charge on any atom is -0.393 e. The molecule has 0 aliphatic rings. The Bertz CT molecular complexity index is 2510. The fourth-order valence-electron chi connectivity index (χ4n) is 6.88. The number of Topliss-reactive ketones (excluding diaryl/α,β-unsaturated/α-hetero) is 6. The third kappa shape index (κ3) is 6.41. The SMILES string of the molecule is O=C(c1cccnc1)C(O)(C(=O)c1cccnc1)[C@@](O)(C(=O)c1cccnc1)[C@@](O)(C(=O)c1cccnc1)[C@@](O)(C(=O)c1cccnc1)[C@](O)(CO)C(=O)c1cccnc1. The van der Waals surface area contributed by atoms with Crippen LogP contribution in [0.3, 0.4) is 0 Å². The van der Waals surface area contributed by atoms with Crippen molar-refractivity contribution in [3.63, 3.8) is 0 Å². The summed E-state index contributed by atoms with van der Waals surface area (Å²) in [5.41, 5.74) is -28.8. The van der Waals surface area contributed by atoms with Crippen molar-refractivity contribution in [1.82, 2.24) is 29.9 Å². The van der Waals surface area contributed by atoms with E-state index in [1.165, 1.54) is 6.20 Å². The highest BCUT2D eigenvalue weighted by Crippen LogP contribution is 2.52. The van der Waals surface area contributed by atoms with Crippen LogP contribution in [-0.4, -0.2) is 130 Å². The number of hydrogen-bond acceptors (Lipinski definition) is 18. The van der Waals surface area contributed by atoms with Gasteiger partial charge >= 0.3 is 0 Å². The number of aromatic nitrogens is 6. The van der Waals surface area contributed by atoms with E-state index in [2.05, 4.69) is 29.9 Å². The summed E-state index contributed by atoms with van der Waals surface area (Å²) >= 11 is 0. The first-order chi connectivity index (χ1) is 28.7. The van der Waals surface area contributed by atoms with Crippen LogP contribution in [0.15, 0.2) is 147 Å². The summed E-state index contributed by atoms with van der Waals surface area (Å²) in [4.78, 5) is 114. The smallest absolute Gasteiger partial charge is 0.230 e. The number of carbonyl (C=O) groups excluding carboxylic acids is 6. The van der Waals surface area contributed by atoms with Crippen molar-refractivity contribution in [2.75, 3.05) is 6.61 Å². The van der Waals surface area contributed by atoms with Gasteiger partial charge in [-0.1, -0.05) is 0 Å². The Morgan fingerprint density at radius 1 is 0.367 bits per heavy atom. The van der Waals surface area contributed by atoms with Gasteiger partial charge in [0.1, 0.15) is 0 Å². The van der Waals surface area contributed by atoms with E-state index in [4.69, 9.17) is 0 Å². The van der Waals surface area contributed by atoms with E-state index in [0.29, 0.717) is 18.6 Å². The molecule has 0 aliphatic heterocycles. The average Bonchev–Trinajstić information content (AvgIpc) is 3.32. The van der Waals surface area contributed by atoms with Gasteiger partial charge in [-0.05, 0) is 72.8 Å². The third-order valence-electron chi connectivity index (χ3n) is 9.96. The Hall–Kier alpha value is -7.32. The zero-order valence-corrected chi connectivity index (χ0v) is 30.9. The molecule has 0 saturated heterocycles. The molecule has 0 aliphatic carbocycles. The average molecular weight is 813 g/mol. The van der Waals surface area contributed by atoms with Crippen molar-refractivity contribution in [2.45, 2.75) is 28.0 Å². The molecule has 0 amide bonds. The Balaban J connectivity index is 1.90. The quantitative estimate of drug-likeness (QED) is 0.0533. The van der Waals surface area contributed by atoms with E-state index in [9.17, 15) is 35.4 Å². The normalized spacial score (nSPS) is 15.5. The molecular formula is C42H32N6O12. The van der Waals surface area contributed by atoms with Crippen LogP contribution in [0.5, 0.6) is 0 Å². The van der Waals surface area contributed by atoms with E-state index in [1.807, 2.05) is 0 Å². The summed E-state index contributed by atoms with van der Waals surface area (Å²) in [6, 6.07) is 12.2. The van der Waals surface area contributed by atoms with Gasteiger partial charge in [0.25, 0.3) is 0 Å². The summed E-state index contributed by atoms with van der Waals surface area (Å²) in [5.74, 6) is -12.3. The highest BCUT2D eigenvalue weighted by atomic mass is 16.5. The molecule has 18 heteroatoms. The first kappa shape index (κ1) is 42.3. The van der Waals surface area contributed by atoms with Crippen molar-refractivity contribution >= 4 is 34.7 Å². The van der Waals surface area contributed by atoms with E-state index in [0.717, 1.165) is 122 Å². The van der Waals surface area contributed by atoms with Crippen LogP contribution in [-0.2, 0) is 0 Å². The zero-order valence-electron chi connectivity index (χ0n) is 30.9. The molecule has 0 radical (unpaired) electrons. The molecule has 6 aromatic rings. The van der Waals surface area contributed by atoms with Crippen LogP contribution >= 0.6 is 0 Å². The molecule has 6 N–H and O–H groups in total. The Morgan fingerprint density at radius 2 is 0.617 bits per heavy atom. The van der Waals surface area contributed by atoms with Gasteiger partial charge < -0.3 is 30.6 Å². The maximum absolute atomic E-state index is 15.5. The molecule has 0 unspecified atom stereocenters. The maximum Gasteiger partial charge on any atom is 0.230 e. The molecule has 4 atom stereocenters. The van der Waals surface area contributed by atoms with E-state index >= 15 is 24.0 Å². The lowest BCUT2D eigenvalue weighted by molar-refractivity contribution is -0.256. The topological polar surface area (TPSA) is 301 Å². The molecule has 0 aromatic carbocycles. The van der Waals surface area contributed by atoms with Crippen LogP contribution in [0.25, 0.3) is 0 Å². The van der Waals surface area contributed by atoms with Crippen molar-refractivity contribution in [2.24, 2.45) is 0 Å². The first-order valence-corrected chi connectivity index (χ1v) is 17.6. The van der Waals surface area contributed by atoms with Crippen molar-refractivity contribution < 1.29 is 59.4 Å². The van der Waals surface area contributed by atoms with Gasteiger partial charge in [-0.3, -0.25) is 58.7 Å². The number of pyridine rings is 6. The van der Waals surface area contributed by atoms with Crippen molar-refractivity contribution in [3.05, 3.63) is 181 Å². The Kier molecular flexibility index (Phi) is 11.6. The van der Waals surface area contributed by atoms with Crippen molar-refractivity contribution in [3.8, 4) is 0 Å². The van der Waals surface area contributed by atoms with Gasteiger partial charge in [-0.15, -0.1) is 0 Å². The third-order valence-corrected chi connectivity index (χ3v) is 9.96. The number of ketones is 6. The summed E-state index contributed by atoms with van der Waals surface area (Å²) < 4.78 is 0. The van der Waals surface area contributed by atoms with Crippen LogP contribution in [0.4, 0.5) is 0 Å². The second-order valence-electron chi connectivity index (χ2n) is 13.3. The lowest BCUT2D eigenvalue weighted by Crippen LogP contribution is -2.90. The monoisotopic (exact) mass is 812 g/mol. The fourth-order valence-corrected chi connectivity index (χ4v) is 6.88. The molecule has 6 heterocycles. The molecule has 18 nitrogen and oxygen atoms in total. The minimum absolute atomic E-state index is 0.684. The minimum atomic E-state index is -5.08. The van der Waals surface area contributed by atoms with Gasteiger partial charge in [0.15, 0.2) is 5.60 Å². The summed E-state index contributed by atoms with van der Waals surface area (Å²) in [7, 11) is 0. The van der Waals surface area contributed by atoms with E-state index < -0.39 is 103 Å². The van der Waals surface area contributed by atoms with Crippen LogP contribution in [0.1, 0.15) is 62.1 Å². The standard InChI is InChI=1S/C42H32N6O12/c49-25-38(56,32(50)26-7-1-13-43-19-26)40(58,35(53)29-10-4-16-46-22-29)42(60,37(55)31-12-6-18-48-24-31)41(59,36(54)30-11-5-17-47-23-30)39(57,33(51)27-8-2-14-44-20-27)34(52)28-9-3-15-45-21-28/h1-24,49,56-60H,25H2/t38-,40+,41-,42+/m0/s1. The van der Waals surface area contributed by atoms with Crippen LogP contribution in [0, 0.1) is 0 Å². The van der Waals surface area contributed by atoms with Gasteiger partial charge in [-0.2, -0.15) is 0 Å². The Morgan fingerprint density at radius 3 is 0.883 bits per heavy atom. The van der Waals surface area contributed by atoms with Gasteiger partial charge in [0.2, 0.25) is 57.1 Å². The molecule has 0 spiro atoms. The van der Waals surface area contributed by atoms with Crippen LogP contribution < -0.4 is 0 Å². The predicted molar refractivity (Wildman–Crippen MR) is 203 cm³/mol. The molecule has 6 aromatic heterocycles. The number of carbonyl (C=O) groups is 6. The zero-order chi connectivity index (χ0) is 43.3. The molecular weight excluding hydrogens is 780 g/mol. The number of aliphatic hydroxyl groups excluding tert-OH is 1. The summed E-state index contributed by atoms with van der Waals surface area (Å²) in [6.45, 7) is -2.12. The maximum atomic E-state index is 15.5. The number of aliphatic hydroxyl groups is 6. The highest BCUT2D eigenvalue weighted by Gasteiger charge is 2.86. The molecule has 0 saturated carbocycles. The largest absolute Gasteiger partial charge is 0.393 e.